The van der Waals surface area contributed by atoms with E-state index in [9.17, 15) is 4.79 Å². The van der Waals surface area contributed by atoms with Gasteiger partial charge >= 0.3 is 0 Å². The van der Waals surface area contributed by atoms with E-state index in [1.807, 2.05) is 0 Å². The average Bonchev–Trinajstić information content (AvgIpc) is 2.14. The summed E-state index contributed by atoms with van der Waals surface area (Å²) in [6.45, 7) is 1.39. The van der Waals surface area contributed by atoms with Crippen LogP contribution in [0.15, 0.2) is 10.6 Å². The lowest BCUT2D eigenvalue weighted by molar-refractivity contribution is 0.0987. The summed E-state index contributed by atoms with van der Waals surface area (Å²) in [6, 6.07) is 0. The van der Waals surface area contributed by atoms with E-state index < -0.39 is 0 Å². The number of carbonyl (C=O) groups excluding carboxylic acids is 1. The van der Waals surface area contributed by atoms with Crippen LogP contribution < -0.4 is 0 Å². The molecule has 0 atom stereocenters. The Morgan fingerprint density at radius 1 is 1.89 bits per heavy atom. The second-order valence-corrected chi connectivity index (χ2v) is 1.86. The Bertz CT molecular complexity index is 231. The molecule has 1 rings (SSSR count). The molecule has 1 aromatic heterocycles. The van der Waals surface area contributed by atoms with Gasteiger partial charge in [-0.05, 0) is 11.6 Å². The van der Waals surface area contributed by atoms with Gasteiger partial charge in [0.25, 0.3) is 5.35 Å². The molecule has 1 heterocycles. The first-order valence-electron chi connectivity index (χ1n) is 2.32. The van der Waals surface area contributed by atoms with Crippen LogP contribution in [0.25, 0.3) is 0 Å². The van der Waals surface area contributed by atoms with Crippen molar-refractivity contribution in [3.8, 4) is 0 Å². The summed E-state index contributed by atoms with van der Waals surface area (Å²) < 4.78 is 4.65. The molecule has 0 unspecified atom stereocenters. The Labute approximate surface area is 56.6 Å². The molecular weight excluding hydrogens is 142 g/mol. The Kier molecular flexibility index (Phi) is 1.53. The largest absolute Gasteiger partial charge is 0.424 e. The Hall–Kier alpha value is -0.830. The molecule has 0 aliphatic rings. The first-order valence-corrected chi connectivity index (χ1v) is 2.70. The summed E-state index contributed by atoms with van der Waals surface area (Å²) >= 11 is 5.27. The third kappa shape index (κ3) is 1.29. The van der Waals surface area contributed by atoms with E-state index in [1.54, 1.807) is 0 Å². The standard InChI is InChI=1S/C5H4ClNO2/c1-3(8)4-2-7-5(6)9-4/h2H,1H3. The van der Waals surface area contributed by atoms with Crippen LogP contribution >= 0.6 is 11.6 Å². The predicted molar refractivity (Wildman–Crippen MR) is 31.5 cm³/mol. The van der Waals surface area contributed by atoms with Crippen LogP contribution in [0, 0.1) is 0 Å². The van der Waals surface area contributed by atoms with Crippen molar-refractivity contribution in [1.82, 2.24) is 4.98 Å². The van der Waals surface area contributed by atoms with E-state index in [-0.39, 0.29) is 16.9 Å². The molecule has 0 aromatic carbocycles. The van der Waals surface area contributed by atoms with Crippen LogP contribution in [0.2, 0.25) is 5.35 Å². The maximum atomic E-state index is 10.5. The smallest absolute Gasteiger partial charge is 0.292 e. The first kappa shape index (κ1) is 6.29. The third-order valence-corrected chi connectivity index (χ3v) is 0.999. The van der Waals surface area contributed by atoms with Crippen molar-refractivity contribution >= 4 is 17.4 Å². The van der Waals surface area contributed by atoms with Crippen LogP contribution in [0.3, 0.4) is 0 Å². The molecular formula is C5H4ClNO2. The molecule has 0 radical (unpaired) electrons. The molecule has 3 nitrogen and oxygen atoms in total. The van der Waals surface area contributed by atoms with Gasteiger partial charge < -0.3 is 4.42 Å². The van der Waals surface area contributed by atoms with Gasteiger partial charge in [0, 0.05) is 6.92 Å². The van der Waals surface area contributed by atoms with Gasteiger partial charge in [0.05, 0.1) is 6.20 Å². The zero-order valence-electron chi connectivity index (χ0n) is 4.72. The Morgan fingerprint density at radius 2 is 2.56 bits per heavy atom. The molecule has 0 fully saturated rings. The van der Waals surface area contributed by atoms with E-state index in [1.165, 1.54) is 13.1 Å². The molecule has 0 saturated carbocycles. The molecule has 4 heteroatoms. The minimum absolute atomic E-state index is 0.000185. The number of halogens is 1. The molecule has 1 aromatic rings. The van der Waals surface area contributed by atoms with Gasteiger partial charge in [0.15, 0.2) is 11.5 Å². The lowest BCUT2D eigenvalue weighted by Crippen LogP contribution is -1.85. The van der Waals surface area contributed by atoms with Crippen molar-refractivity contribution in [2.75, 3.05) is 0 Å². The molecule has 0 bridgehead atoms. The highest BCUT2D eigenvalue weighted by Crippen LogP contribution is 2.08. The number of aromatic nitrogens is 1. The van der Waals surface area contributed by atoms with Gasteiger partial charge in [-0.1, -0.05) is 0 Å². The summed E-state index contributed by atoms with van der Waals surface area (Å²) in [5, 5.41) is 0.000185. The number of rotatable bonds is 1. The lowest BCUT2D eigenvalue weighted by atomic mass is 10.4. The van der Waals surface area contributed by atoms with Crippen molar-refractivity contribution in [1.29, 1.82) is 0 Å². The molecule has 0 N–H and O–H groups in total. The molecule has 0 spiro atoms. The average molecular weight is 146 g/mol. The normalized spacial score (nSPS) is 9.56. The summed E-state index contributed by atoms with van der Waals surface area (Å²) in [7, 11) is 0. The molecule has 0 aliphatic carbocycles. The highest BCUT2D eigenvalue weighted by Gasteiger charge is 2.04. The third-order valence-electron chi connectivity index (χ3n) is 0.824. The quantitative estimate of drug-likeness (QED) is 0.563. The van der Waals surface area contributed by atoms with E-state index in [0.29, 0.717) is 0 Å². The number of oxazole rings is 1. The summed E-state index contributed by atoms with van der Waals surface area (Å²) in [5.74, 6) is 0.0226. The van der Waals surface area contributed by atoms with Crippen molar-refractivity contribution in [2.24, 2.45) is 0 Å². The van der Waals surface area contributed by atoms with Crippen molar-refractivity contribution in [2.45, 2.75) is 6.92 Å². The van der Waals surface area contributed by atoms with Gasteiger partial charge in [0.1, 0.15) is 0 Å². The molecule has 0 amide bonds. The number of Topliss-reactive ketones (excluding diaryl/α,β-unsaturated/α-hetero) is 1. The van der Waals surface area contributed by atoms with E-state index in [2.05, 4.69) is 9.40 Å². The Morgan fingerprint density at radius 3 is 2.78 bits per heavy atom. The molecule has 0 aliphatic heterocycles. The van der Waals surface area contributed by atoms with Crippen LogP contribution in [0.4, 0.5) is 0 Å². The monoisotopic (exact) mass is 145 g/mol. The fraction of sp³-hybridized carbons (Fsp3) is 0.200. The van der Waals surface area contributed by atoms with Crippen molar-refractivity contribution < 1.29 is 9.21 Å². The molecule has 0 saturated heterocycles. The zero-order chi connectivity index (χ0) is 6.85. The second-order valence-electron chi connectivity index (χ2n) is 1.53. The van der Waals surface area contributed by atoms with Crippen LogP contribution in [0.1, 0.15) is 17.5 Å². The van der Waals surface area contributed by atoms with E-state index in [0.717, 1.165) is 0 Å². The maximum Gasteiger partial charge on any atom is 0.292 e. The SMILES string of the molecule is CC(=O)c1cnc(Cl)o1. The van der Waals surface area contributed by atoms with Gasteiger partial charge in [0.2, 0.25) is 0 Å². The number of hydrogen-bond acceptors (Lipinski definition) is 3. The number of ketones is 1. The Balaban J connectivity index is 2.98. The van der Waals surface area contributed by atoms with Gasteiger partial charge in [-0.2, -0.15) is 0 Å². The summed E-state index contributed by atoms with van der Waals surface area (Å²) in [4.78, 5) is 14.0. The highest BCUT2D eigenvalue weighted by atomic mass is 35.5. The number of carbonyl (C=O) groups is 1. The van der Waals surface area contributed by atoms with Gasteiger partial charge in [-0.15, -0.1) is 0 Å². The molecule has 9 heavy (non-hydrogen) atoms. The second kappa shape index (κ2) is 2.19. The fourth-order valence-electron chi connectivity index (χ4n) is 0.416. The van der Waals surface area contributed by atoms with Gasteiger partial charge in [-0.25, -0.2) is 4.98 Å². The highest BCUT2D eigenvalue weighted by molar-refractivity contribution is 6.27. The number of nitrogens with zero attached hydrogens (tertiary/aromatic N) is 1. The van der Waals surface area contributed by atoms with Crippen LogP contribution in [0.5, 0.6) is 0 Å². The van der Waals surface area contributed by atoms with Crippen LogP contribution in [-0.2, 0) is 0 Å². The minimum Gasteiger partial charge on any atom is -0.424 e. The summed E-state index contributed by atoms with van der Waals surface area (Å²) in [6.07, 6.45) is 1.30. The predicted octanol–water partition coefficient (Wildman–Crippen LogP) is 1.53. The first-order chi connectivity index (χ1) is 4.20. The van der Waals surface area contributed by atoms with Crippen molar-refractivity contribution in [3.63, 3.8) is 0 Å². The van der Waals surface area contributed by atoms with E-state index in [4.69, 9.17) is 11.6 Å². The zero-order valence-corrected chi connectivity index (χ0v) is 5.47. The summed E-state index contributed by atoms with van der Waals surface area (Å²) in [5.41, 5.74) is 0. The molecule has 48 valence electrons. The van der Waals surface area contributed by atoms with Gasteiger partial charge in [-0.3, -0.25) is 4.79 Å². The number of hydrogen-bond donors (Lipinski definition) is 0. The van der Waals surface area contributed by atoms with Crippen molar-refractivity contribution in [3.05, 3.63) is 17.3 Å². The van der Waals surface area contributed by atoms with E-state index >= 15 is 0 Å². The lowest BCUT2D eigenvalue weighted by Gasteiger charge is -1.79. The van der Waals surface area contributed by atoms with Crippen LogP contribution in [-0.4, -0.2) is 10.8 Å². The topological polar surface area (TPSA) is 43.1 Å². The minimum atomic E-state index is -0.172. The fourth-order valence-corrected chi connectivity index (χ4v) is 0.547. The maximum absolute atomic E-state index is 10.5.